The van der Waals surface area contributed by atoms with Crippen LogP contribution >= 0.6 is 0 Å². The van der Waals surface area contributed by atoms with Crippen molar-refractivity contribution >= 4 is 17.4 Å². The molecule has 118 valence electrons. The van der Waals surface area contributed by atoms with Crippen molar-refractivity contribution < 1.29 is 14.3 Å². The first kappa shape index (κ1) is 15.3. The number of Topliss-reactive ketones (excluding diaryl/α,β-unsaturated/α-hetero) is 1. The highest BCUT2D eigenvalue weighted by Gasteiger charge is 2.34. The van der Waals surface area contributed by atoms with Crippen molar-refractivity contribution in [2.75, 3.05) is 18.1 Å². The summed E-state index contributed by atoms with van der Waals surface area (Å²) in [5.41, 5.74) is 2.35. The third kappa shape index (κ3) is 3.11. The summed E-state index contributed by atoms with van der Waals surface area (Å²) in [5.74, 6) is 0.0630. The van der Waals surface area contributed by atoms with Gasteiger partial charge in [0.25, 0.3) is 11.7 Å². The molecule has 4 nitrogen and oxygen atoms in total. The minimum absolute atomic E-state index is 0.406. The Bertz CT molecular complexity index is 739. The molecular formula is C19H19NO3. The molecule has 1 aliphatic rings. The van der Waals surface area contributed by atoms with Gasteiger partial charge in [-0.2, -0.15) is 0 Å². The summed E-state index contributed by atoms with van der Waals surface area (Å²) < 4.78 is 5.75. The Balaban J connectivity index is 1.51. The number of nitrogens with zero attached hydrogens (tertiary/aromatic N) is 1. The van der Waals surface area contributed by atoms with Gasteiger partial charge in [0.15, 0.2) is 0 Å². The van der Waals surface area contributed by atoms with Gasteiger partial charge in [-0.3, -0.25) is 9.59 Å². The fourth-order valence-corrected chi connectivity index (χ4v) is 2.74. The number of fused-ring (bicyclic) bond motifs is 1. The number of benzene rings is 2. The van der Waals surface area contributed by atoms with Gasteiger partial charge in [0.05, 0.1) is 17.9 Å². The molecule has 0 saturated heterocycles. The van der Waals surface area contributed by atoms with Crippen LogP contribution in [0.5, 0.6) is 5.75 Å². The number of rotatable bonds is 6. The third-order valence-electron chi connectivity index (χ3n) is 4.01. The lowest BCUT2D eigenvalue weighted by Gasteiger charge is -2.16. The molecule has 1 amide bonds. The Morgan fingerprint density at radius 2 is 1.70 bits per heavy atom. The predicted molar refractivity (Wildman–Crippen MR) is 89.0 cm³/mol. The van der Waals surface area contributed by atoms with Crippen molar-refractivity contribution in [2.45, 2.75) is 19.8 Å². The second-order valence-electron chi connectivity index (χ2n) is 5.62. The zero-order valence-electron chi connectivity index (χ0n) is 13.1. The van der Waals surface area contributed by atoms with E-state index in [9.17, 15) is 9.59 Å². The van der Waals surface area contributed by atoms with E-state index < -0.39 is 11.7 Å². The van der Waals surface area contributed by atoms with Crippen LogP contribution in [0.15, 0.2) is 48.5 Å². The van der Waals surface area contributed by atoms with Crippen LogP contribution in [0.25, 0.3) is 0 Å². The highest BCUT2D eigenvalue weighted by Crippen LogP contribution is 2.28. The van der Waals surface area contributed by atoms with E-state index >= 15 is 0 Å². The molecular weight excluding hydrogens is 290 g/mol. The first-order valence-electron chi connectivity index (χ1n) is 7.82. The summed E-state index contributed by atoms with van der Waals surface area (Å²) in [7, 11) is 0. The predicted octanol–water partition coefficient (Wildman–Crippen LogP) is 3.38. The smallest absolute Gasteiger partial charge is 0.299 e. The van der Waals surface area contributed by atoms with Crippen LogP contribution in [0.2, 0.25) is 0 Å². The number of unbranched alkanes of at least 4 members (excludes halogenated alkanes) is 1. The van der Waals surface area contributed by atoms with Crippen molar-refractivity contribution in [1.82, 2.24) is 0 Å². The summed E-state index contributed by atoms with van der Waals surface area (Å²) in [5, 5.41) is 0. The SMILES string of the molecule is Cc1ccccc1OCCCCN1C(=O)C(=O)c2ccccc21. The average Bonchev–Trinajstić information content (AvgIpc) is 2.81. The summed E-state index contributed by atoms with van der Waals surface area (Å²) >= 11 is 0. The van der Waals surface area contributed by atoms with E-state index in [1.807, 2.05) is 43.3 Å². The number of hydrogen-bond donors (Lipinski definition) is 0. The Hall–Kier alpha value is -2.62. The molecule has 23 heavy (non-hydrogen) atoms. The van der Waals surface area contributed by atoms with Gasteiger partial charge >= 0.3 is 0 Å². The molecule has 0 saturated carbocycles. The Morgan fingerprint density at radius 1 is 0.957 bits per heavy atom. The fourth-order valence-electron chi connectivity index (χ4n) is 2.74. The molecule has 0 atom stereocenters. The second kappa shape index (κ2) is 6.65. The van der Waals surface area contributed by atoms with Gasteiger partial charge in [-0.05, 0) is 43.5 Å². The van der Waals surface area contributed by atoms with E-state index in [1.165, 1.54) is 0 Å². The normalized spacial score (nSPS) is 13.3. The van der Waals surface area contributed by atoms with Gasteiger partial charge in [0.2, 0.25) is 0 Å². The maximum atomic E-state index is 12.0. The monoisotopic (exact) mass is 309 g/mol. The largest absolute Gasteiger partial charge is 0.493 e. The molecule has 0 spiro atoms. The molecule has 3 rings (SSSR count). The van der Waals surface area contributed by atoms with Crippen molar-refractivity contribution in [3.63, 3.8) is 0 Å². The van der Waals surface area contributed by atoms with E-state index in [4.69, 9.17) is 4.74 Å². The molecule has 0 aromatic heterocycles. The topological polar surface area (TPSA) is 46.6 Å². The molecule has 0 bridgehead atoms. The quantitative estimate of drug-likeness (QED) is 0.607. The minimum Gasteiger partial charge on any atom is -0.493 e. The summed E-state index contributed by atoms with van der Waals surface area (Å²) in [6.45, 7) is 3.15. The second-order valence-corrected chi connectivity index (χ2v) is 5.62. The number of amides is 1. The zero-order chi connectivity index (χ0) is 16.2. The number of carbonyl (C=O) groups excluding carboxylic acids is 2. The molecule has 1 aliphatic heterocycles. The van der Waals surface area contributed by atoms with E-state index in [0.717, 1.165) is 29.8 Å². The van der Waals surface area contributed by atoms with Crippen molar-refractivity contribution in [3.05, 3.63) is 59.7 Å². The van der Waals surface area contributed by atoms with Gasteiger partial charge in [0.1, 0.15) is 5.75 Å². The molecule has 2 aromatic carbocycles. The number of hydrogen-bond acceptors (Lipinski definition) is 3. The van der Waals surface area contributed by atoms with Crippen LogP contribution in [0, 0.1) is 6.92 Å². The number of ether oxygens (including phenoxy) is 1. The Kier molecular flexibility index (Phi) is 4.42. The average molecular weight is 309 g/mol. The van der Waals surface area contributed by atoms with E-state index in [0.29, 0.717) is 18.7 Å². The highest BCUT2D eigenvalue weighted by atomic mass is 16.5. The standard InChI is InChI=1S/C19H19NO3/c1-14-8-2-5-11-17(14)23-13-7-6-12-20-16-10-4-3-9-15(16)18(21)19(20)22/h2-5,8-11H,6-7,12-13H2,1H3. The maximum Gasteiger partial charge on any atom is 0.299 e. The fraction of sp³-hybridized carbons (Fsp3) is 0.263. The van der Waals surface area contributed by atoms with Crippen LogP contribution in [0.4, 0.5) is 5.69 Å². The molecule has 0 radical (unpaired) electrons. The Morgan fingerprint density at radius 3 is 2.52 bits per heavy atom. The lowest BCUT2D eigenvalue weighted by atomic mass is 10.1. The van der Waals surface area contributed by atoms with Gasteiger partial charge in [-0.15, -0.1) is 0 Å². The molecule has 4 heteroatoms. The van der Waals surface area contributed by atoms with E-state index in [1.54, 1.807) is 17.0 Å². The number of ketones is 1. The Labute approximate surface area is 135 Å². The highest BCUT2D eigenvalue weighted by molar-refractivity contribution is 6.52. The zero-order valence-corrected chi connectivity index (χ0v) is 13.1. The first-order valence-corrected chi connectivity index (χ1v) is 7.82. The molecule has 0 N–H and O–H groups in total. The molecule has 0 fully saturated rings. The number of aryl methyl sites for hydroxylation is 1. The van der Waals surface area contributed by atoms with E-state index in [-0.39, 0.29) is 0 Å². The van der Waals surface area contributed by atoms with Crippen molar-refractivity contribution in [1.29, 1.82) is 0 Å². The lowest BCUT2D eigenvalue weighted by Crippen LogP contribution is -2.30. The van der Waals surface area contributed by atoms with Gasteiger partial charge in [0, 0.05) is 6.54 Å². The van der Waals surface area contributed by atoms with Crippen LogP contribution in [-0.2, 0) is 4.79 Å². The lowest BCUT2D eigenvalue weighted by molar-refractivity contribution is -0.114. The molecule has 0 unspecified atom stereocenters. The van der Waals surface area contributed by atoms with Gasteiger partial charge < -0.3 is 9.64 Å². The third-order valence-corrected chi connectivity index (χ3v) is 4.01. The number of carbonyl (C=O) groups is 2. The van der Waals surface area contributed by atoms with Gasteiger partial charge in [-0.1, -0.05) is 30.3 Å². The van der Waals surface area contributed by atoms with Crippen molar-refractivity contribution in [2.24, 2.45) is 0 Å². The molecule has 0 aliphatic carbocycles. The summed E-state index contributed by atoms with van der Waals surface area (Å²) in [6.07, 6.45) is 1.62. The van der Waals surface area contributed by atoms with Crippen LogP contribution in [0.1, 0.15) is 28.8 Å². The molecule has 1 heterocycles. The number of para-hydroxylation sites is 2. The number of anilines is 1. The first-order chi connectivity index (χ1) is 11.2. The maximum absolute atomic E-state index is 12.0. The van der Waals surface area contributed by atoms with Crippen LogP contribution in [0.3, 0.4) is 0 Å². The van der Waals surface area contributed by atoms with Crippen molar-refractivity contribution in [3.8, 4) is 5.75 Å². The van der Waals surface area contributed by atoms with Gasteiger partial charge in [-0.25, -0.2) is 0 Å². The van der Waals surface area contributed by atoms with Crippen LogP contribution in [-0.4, -0.2) is 24.8 Å². The summed E-state index contributed by atoms with van der Waals surface area (Å²) in [4.78, 5) is 25.5. The van der Waals surface area contributed by atoms with Crippen LogP contribution < -0.4 is 9.64 Å². The van der Waals surface area contributed by atoms with E-state index in [2.05, 4.69) is 0 Å². The summed E-state index contributed by atoms with van der Waals surface area (Å²) in [6, 6.07) is 15.1. The molecule has 2 aromatic rings. The minimum atomic E-state index is -0.425.